The van der Waals surface area contributed by atoms with E-state index in [1.807, 2.05) is 6.08 Å². The highest BCUT2D eigenvalue weighted by atomic mass is 16.1. The lowest BCUT2D eigenvalue weighted by atomic mass is 9.97. The number of hydrogen-bond acceptors (Lipinski definition) is 3. The molecule has 108 valence electrons. The lowest BCUT2D eigenvalue weighted by Crippen LogP contribution is -2.45. The predicted molar refractivity (Wildman–Crippen MR) is 80.1 cm³/mol. The number of amides is 1. The summed E-state index contributed by atoms with van der Waals surface area (Å²) in [6, 6.07) is 0. The molecule has 1 amide bonds. The molecule has 19 heavy (non-hydrogen) atoms. The van der Waals surface area contributed by atoms with Gasteiger partial charge in [0.15, 0.2) is 0 Å². The van der Waals surface area contributed by atoms with Gasteiger partial charge in [-0.3, -0.25) is 9.69 Å². The van der Waals surface area contributed by atoms with Crippen LogP contribution in [0.3, 0.4) is 0 Å². The molecule has 0 saturated carbocycles. The molecular weight excluding hydrogens is 238 g/mol. The van der Waals surface area contributed by atoms with Crippen LogP contribution in [-0.2, 0) is 4.79 Å². The molecule has 1 heterocycles. The van der Waals surface area contributed by atoms with E-state index in [0.29, 0.717) is 0 Å². The van der Waals surface area contributed by atoms with Crippen LogP contribution in [0.5, 0.6) is 0 Å². The van der Waals surface area contributed by atoms with Crippen LogP contribution in [0.1, 0.15) is 20.3 Å². The molecule has 0 spiro atoms. The Kier molecular flexibility index (Phi) is 6.25. The van der Waals surface area contributed by atoms with Crippen LogP contribution in [0, 0.1) is 0 Å². The van der Waals surface area contributed by atoms with Gasteiger partial charge in [-0.1, -0.05) is 25.2 Å². The molecule has 1 N–H and O–H groups in total. The van der Waals surface area contributed by atoms with Crippen LogP contribution in [0.25, 0.3) is 0 Å². The second kappa shape index (κ2) is 7.46. The zero-order valence-corrected chi connectivity index (χ0v) is 11.4. The summed E-state index contributed by atoms with van der Waals surface area (Å²) in [6.45, 7) is 5.68. The molecule has 0 aromatic carbocycles. The standard InChI is InChI=1S/C14H23N3O.CH4/c1-15-14(18)13-5-3-12(4-6-13)11-17-9-7-16(2)8-10-17;/h3,5H,4,6-11H2,1-2H3,(H,15,18);1H4. The quantitative estimate of drug-likeness (QED) is 0.834. The van der Waals surface area contributed by atoms with Gasteiger partial charge in [0.1, 0.15) is 0 Å². The van der Waals surface area contributed by atoms with E-state index in [2.05, 4.69) is 28.2 Å². The first-order chi connectivity index (χ1) is 8.69. The smallest absolute Gasteiger partial charge is 0.246 e. The van der Waals surface area contributed by atoms with Gasteiger partial charge in [-0.2, -0.15) is 0 Å². The molecule has 0 aromatic heterocycles. The molecular formula is C15H27N3O. The summed E-state index contributed by atoms with van der Waals surface area (Å²) in [5.74, 6) is 0.0601. The third kappa shape index (κ3) is 4.48. The van der Waals surface area contributed by atoms with Gasteiger partial charge in [0.2, 0.25) is 5.91 Å². The van der Waals surface area contributed by atoms with Crippen molar-refractivity contribution < 1.29 is 4.79 Å². The Labute approximate surface area is 117 Å². The van der Waals surface area contributed by atoms with Crippen LogP contribution >= 0.6 is 0 Å². The van der Waals surface area contributed by atoms with Gasteiger partial charge in [-0.25, -0.2) is 0 Å². The molecule has 1 aliphatic carbocycles. The fourth-order valence-corrected chi connectivity index (χ4v) is 2.46. The number of nitrogens with zero attached hydrogens (tertiary/aromatic N) is 2. The predicted octanol–water partition coefficient (Wildman–Crippen LogP) is 1.26. The highest BCUT2D eigenvalue weighted by Crippen LogP contribution is 2.19. The molecule has 4 heteroatoms. The lowest BCUT2D eigenvalue weighted by molar-refractivity contribution is -0.117. The second-order valence-electron chi connectivity index (χ2n) is 5.18. The molecule has 1 saturated heterocycles. The van der Waals surface area contributed by atoms with Crippen molar-refractivity contribution in [3.05, 3.63) is 23.3 Å². The van der Waals surface area contributed by atoms with E-state index in [4.69, 9.17) is 0 Å². The first-order valence-electron chi connectivity index (χ1n) is 6.70. The number of allylic oxidation sites excluding steroid dienone is 2. The molecule has 0 radical (unpaired) electrons. The SMILES string of the molecule is C.CNC(=O)C1=CC=C(CN2CCN(C)CC2)CC1. The maximum Gasteiger partial charge on any atom is 0.246 e. The van der Waals surface area contributed by atoms with Crippen molar-refractivity contribution in [1.82, 2.24) is 15.1 Å². The van der Waals surface area contributed by atoms with Gasteiger partial charge in [-0.15, -0.1) is 0 Å². The number of hydrogen-bond donors (Lipinski definition) is 1. The summed E-state index contributed by atoms with van der Waals surface area (Å²) in [6.07, 6.45) is 6.00. The van der Waals surface area contributed by atoms with E-state index < -0.39 is 0 Å². The second-order valence-corrected chi connectivity index (χ2v) is 5.18. The van der Waals surface area contributed by atoms with Crippen molar-refractivity contribution >= 4 is 5.91 Å². The number of piperazine rings is 1. The van der Waals surface area contributed by atoms with Crippen molar-refractivity contribution in [2.75, 3.05) is 46.8 Å². The van der Waals surface area contributed by atoms with E-state index in [9.17, 15) is 4.79 Å². The van der Waals surface area contributed by atoms with Gasteiger partial charge in [0.05, 0.1) is 0 Å². The third-order valence-electron chi connectivity index (χ3n) is 3.78. The summed E-state index contributed by atoms with van der Waals surface area (Å²) in [5, 5.41) is 2.68. The number of carbonyl (C=O) groups is 1. The van der Waals surface area contributed by atoms with Crippen molar-refractivity contribution in [3.63, 3.8) is 0 Å². The lowest BCUT2D eigenvalue weighted by Gasteiger charge is -2.33. The minimum Gasteiger partial charge on any atom is -0.355 e. The topological polar surface area (TPSA) is 35.6 Å². The monoisotopic (exact) mass is 265 g/mol. The maximum absolute atomic E-state index is 11.5. The van der Waals surface area contributed by atoms with Crippen LogP contribution in [-0.4, -0.2) is 62.5 Å². The van der Waals surface area contributed by atoms with Gasteiger partial charge >= 0.3 is 0 Å². The maximum atomic E-state index is 11.5. The van der Waals surface area contributed by atoms with Crippen molar-refractivity contribution in [2.24, 2.45) is 0 Å². The van der Waals surface area contributed by atoms with Crippen molar-refractivity contribution in [1.29, 1.82) is 0 Å². The summed E-state index contributed by atoms with van der Waals surface area (Å²) in [7, 11) is 3.86. The van der Waals surface area contributed by atoms with E-state index in [1.54, 1.807) is 7.05 Å². The Morgan fingerprint density at radius 2 is 1.89 bits per heavy atom. The van der Waals surface area contributed by atoms with Gasteiger partial charge in [0, 0.05) is 45.3 Å². The fraction of sp³-hybridized carbons (Fsp3) is 0.667. The molecule has 2 aliphatic rings. The van der Waals surface area contributed by atoms with Gasteiger partial charge in [-0.05, 0) is 19.9 Å². The van der Waals surface area contributed by atoms with Crippen LogP contribution in [0.15, 0.2) is 23.3 Å². The van der Waals surface area contributed by atoms with Gasteiger partial charge < -0.3 is 10.2 Å². The minimum atomic E-state index is 0. The van der Waals surface area contributed by atoms with E-state index in [1.165, 1.54) is 5.57 Å². The third-order valence-corrected chi connectivity index (χ3v) is 3.78. The largest absolute Gasteiger partial charge is 0.355 e. The number of rotatable bonds is 3. The number of carbonyl (C=O) groups excluding carboxylic acids is 1. The van der Waals surface area contributed by atoms with Crippen LogP contribution < -0.4 is 5.32 Å². The average Bonchev–Trinajstić information content (AvgIpc) is 2.41. The fourth-order valence-electron chi connectivity index (χ4n) is 2.46. The first-order valence-corrected chi connectivity index (χ1v) is 6.70. The van der Waals surface area contributed by atoms with Crippen molar-refractivity contribution in [3.8, 4) is 0 Å². The van der Waals surface area contributed by atoms with Crippen LogP contribution in [0.4, 0.5) is 0 Å². The molecule has 4 nitrogen and oxygen atoms in total. The molecule has 1 aliphatic heterocycles. The highest BCUT2D eigenvalue weighted by Gasteiger charge is 2.17. The molecule has 1 fully saturated rings. The Bertz CT molecular complexity index is 366. The Balaban J connectivity index is 0.00000180. The Hall–Kier alpha value is -1.13. The van der Waals surface area contributed by atoms with E-state index >= 15 is 0 Å². The summed E-state index contributed by atoms with van der Waals surface area (Å²) in [4.78, 5) is 16.3. The first kappa shape index (κ1) is 15.9. The average molecular weight is 265 g/mol. The molecule has 0 bridgehead atoms. The van der Waals surface area contributed by atoms with Crippen molar-refractivity contribution in [2.45, 2.75) is 20.3 Å². The molecule has 0 atom stereocenters. The zero-order valence-electron chi connectivity index (χ0n) is 11.4. The summed E-state index contributed by atoms with van der Waals surface area (Å²) in [5.41, 5.74) is 2.35. The zero-order chi connectivity index (χ0) is 13.0. The number of nitrogens with one attached hydrogen (secondary N) is 1. The minimum absolute atomic E-state index is 0. The highest BCUT2D eigenvalue weighted by molar-refractivity contribution is 5.93. The molecule has 0 unspecified atom stereocenters. The van der Waals surface area contributed by atoms with E-state index in [-0.39, 0.29) is 13.3 Å². The Morgan fingerprint density at radius 1 is 1.21 bits per heavy atom. The van der Waals surface area contributed by atoms with E-state index in [0.717, 1.165) is 51.1 Å². The Morgan fingerprint density at radius 3 is 2.42 bits per heavy atom. The molecule has 2 rings (SSSR count). The normalized spacial score (nSPS) is 21.2. The summed E-state index contributed by atoms with van der Waals surface area (Å²) >= 11 is 0. The van der Waals surface area contributed by atoms with Crippen LogP contribution in [0.2, 0.25) is 0 Å². The summed E-state index contributed by atoms with van der Waals surface area (Å²) < 4.78 is 0. The van der Waals surface area contributed by atoms with Gasteiger partial charge in [0.25, 0.3) is 0 Å². The number of likely N-dealkylation sites (N-methyl/N-ethyl adjacent to an activating group) is 2. The molecule has 0 aromatic rings.